The third-order valence-electron chi connectivity index (χ3n) is 6.40. The van der Waals surface area contributed by atoms with E-state index in [9.17, 15) is 33.2 Å². The number of nitro groups is 1. The van der Waals surface area contributed by atoms with Crippen molar-refractivity contribution < 1.29 is 37.5 Å². The maximum Gasteiger partial charge on any atom is 0.407 e. The number of hydrogen-bond donors (Lipinski definition) is 3. The molecule has 0 bridgehead atoms. The maximum absolute atomic E-state index is 13.8. The topological polar surface area (TPSA) is 179 Å². The van der Waals surface area contributed by atoms with E-state index in [-0.39, 0.29) is 52.0 Å². The maximum atomic E-state index is 13.8. The van der Waals surface area contributed by atoms with Gasteiger partial charge in [0.15, 0.2) is 0 Å². The van der Waals surface area contributed by atoms with Crippen LogP contribution in [0.4, 0.5) is 16.2 Å². The first-order chi connectivity index (χ1) is 19.6. The molecule has 1 aromatic heterocycles. The highest BCUT2D eigenvalue weighted by Gasteiger charge is 2.37. The molecule has 1 aliphatic rings. The number of nitrogens with zero attached hydrogens (tertiary/aromatic N) is 2. The molecule has 1 fully saturated rings. The standard InChI is InChI=1S/C27H29ClN4O9S/c1-15-20(14-40-25(15)34)24(33)19-13-31(22-8-5-16(28)11-18(19)22)42(38,39)17-6-7-21(23(12-17)32(36)37)29-9-10-30-26(35)41-27(2,3)4/h5-8,11-13,20,24,29,33H,1,9-10,14H2,2-4H3,(H,30,35). The van der Waals surface area contributed by atoms with Crippen LogP contribution in [0.15, 0.2) is 59.6 Å². The van der Waals surface area contributed by atoms with Gasteiger partial charge in [-0.2, -0.15) is 0 Å². The molecule has 2 aromatic carbocycles. The lowest BCUT2D eigenvalue weighted by molar-refractivity contribution is -0.384. The zero-order chi connectivity index (χ0) is 31.0. The average molecular weight is 621 g/mol. The predicted octanol–water partition coefficient (Wildman–Crippen LogP) is 4.14. The largest absolute Gasteiger partial charge is 0.462 e. The molecular formula is C27H29ClN4O9S. The number of amides is 1. The monoisotopic (exact) mass is 620 g/mol. The number of cyclic esters (lactones) is 1. The molecule has 0 saturated carbocycles. The molecule has 0 aliphatic carbocycles. The number of hydrogen-bond acceptors (Lipinski definition) is 10. The molecule has 0 radical (unpaired) electrons. The molecule has 2 atom stereocenters. The number of esters is 1. The number of carbonyl (C=O) groups is 2. The number of aliphatic hydroxyl groups is 1. The van der Waals surface area contributed by atoms with Crippen molar-refractivity contribution in [2.75, 3.05) is 25.0 Å². The number of aromatic nitrogens is 1. The minimum atomic E-state index is -4.43. The Morgan fingerprint density at radius 2 is 2.00 bits per heavy atom. The smallest absolute Gasteiger partial charge is 0.407 e. The summed E-state index contributed by atoms with van der Waals surface area (Å²) in [6, 6.07) is 7.76. The third-order valence-corrected chi connectivity index (χ3v) is 8.30. The SMILES string of the molecule is C=C1C(=O)OCC1C(O)c1cn(S(=O)(=O)c2ccc(NCCNC(=O)OC(C)(C)C)c([N+](=O)[O-])c2)c2ccc(Cl)cc12. The molecule has 0 spiro atoms. The number of aliphatic hydroxyl groups excluding tert-OH is 1. The summed E-state index contributed by atoms with van der Waals surface area (Å²) in [5.74, 6) is -1.47. The van der Waals surface area contributed by atoms with E-state index in [1.54, 1.807) is 20.8 Å². The molecule has 2 unspecified atom stereocenters. The number of nitrogens with one attached hydrogen (secondary N) is 2. The first-order valence-corrected chi connectivity index (χ1v) is 14.5. The fraction of sp³-hybridized carbons (Fsp3) is 0.333. The quantitative estimate of drug-likeness (QED) is 0.103. The van der Waals surface area contributed by atoms with E-state index in [0.29, 0.717) is 5.39 Å². The van der Waals surface area contributed by atoms with Crippen LogP contribution in [-0.4, -0.2) is 59.8 Å². The van der Waals surface area contributed by atoms with Gasteiger partial charge >= 0.3 is 12.1 Å². The van der Waals surface area contributed by atoms with Crippen LogP contribution >= 0.6 is 11.6 Å². The van der Waals surface area contributed by atoms with Crippen molar-refractivity contribution in [1.29, 1.82) is 0 Å². The molecular weight excluding hydrogens is 592 g/mol. The number of benzene rings is 2. The van der Waals surface area contributed by atoms with Crippen molar-refractivity contribution in [3.63, 3.8) is 0 Å². The van der Waals surface area contributed by atoms with Gasteiger partial charge in [0.05, 0.1) is 27.4 Å². The van der Waals surface area contributed by atoms with Gasteiger partial charge in [0.2, 0.25) is 0 Å². The number of rotatable bonds is 9. The van der Waals surface area contributed by atoms with Gasteiger partial charge in [-0.3, -0.25) is 10.1 Å². The van der Waals surface area contributed by atoms with Crippen molar-refractivity contribution >= 4 is 56.0 Å². The molecule has 4 rings (SSSR count). The molecule has 1 aliphatic heterocycles. The number of alkyl carbamates (subject to hydrolysis) is 1. The van der Waals surface area contributed by atoms with Crippen LogP contribution in [0.3, 0.4) is 0 Å². The van der Waals surface area contributed by atoms with E-state index in [1.165, 1.54) is 36.5 Å². The Morgan fingerprint density at radius 1 is 1.29 bits per heavy atom. The first-order valence-electron chi connectivity index (χ1n) is 12.7. The second-order valence-electron chi connectivity index (χ2n) is 10.5. The number of nitro benzene ring substituents is 1. The Morgan fingerprint density at radius 3 is 2.62 bits per heavy atom. The number of ether oxygens (including phenoxy) is 2. The Balaban J connectivity index is 1.64. The van der Waals surface area contributed by atoms with Gasteiger partial charge < -0.3 is 25.2 Å². The Kier molecular flexibility index (Phi) is 8.53. The molecule has 15 heteroatoms. The van der Waals surface area contributed by atoms with Crippen LogP contribution in [0.5, 0.6) is 0 Å². The summed E-state index contributed by atoms with van der Waals surface area (Å²) in [5, 5.41) is 28.9. The highest BCUT2D eigenvalue weighted by molar-refractivity contribution is 7.90. The number of fused-ring (bicyclic) bond motifs is 1. The summed E-state index contributed by atoms with van der Waals surface area (Å²) >= 11 is 6.17. The lowest BCUT2D eigenvalue weighted by atomic mass is 9.92. The van der Waals surface area contributed by atoms with Crippen LogP contribution in [0.2, 0.25) is 5.02 Å². The summed E-state index contributed by atoms with van der Waals surface area (Å²) in [6.45, 7) is 8.84. The number of anilines is 1. The number of carbonyl (C=O) groups excluding carboxylic acids is 2. The van der Waals surface area contributed by atoms with Crippen LogP contribution in [-0.2, 0) is 24.3 Å². The van der Waals surface area contributed by atoms with E-state index >= 15 is 0 Å². The molecule has 42 heavy (non-hydrogen) atoms. The van der Waals surface area contributed by atoms with E-state index in [0.717, 1.165) is 10.0 Å². The summed E-state index contributed by atoms with van der Waals surface area (Å²) in [4.78, 5) is 34.4. The van der Waals surface area contributed by atoms with Gasteiger partial charge in [-0.15, -0.1) is 0 Å². The fourth-order valence-electron chi connectivity index (χ4n) is 4.40. The van der Waals surface area contributed by atoms with Crippen molar-refractivity contribution in [1.82, 2.24) is 9.29 Å². The molecule has 1 amide bonds. The number of halogens is 1. The van der Waals surface area contributed by atoms with Gasteiger partial charge in [-0.1, -0.05) is 18.2 Å². The fourth-order valence-corrected chi connectivity index (χ4v) is 5.97. The van der Waals surface area contributed by atoms with Crippen molar-refractivity contribution in [3.05, 3.63) is 75.4 Å². The predicted molar refractivity (Wildman–Crippen MR) is 154 cm³/mol. The zero-order valence-electron chi connectivity index (χ0n) is 22.9. The first kappa shape index (κ1) is 30.8. The summed E-state index contributed by atoms with van der Waals surface area (Å²) in [5.41, 5.74) is -0.797. The second-order valence-corrected chi connectivity index (χ2v) is 12.8. The lowest BCUT2D eigenvalue weighted by Gasteiger charge is -2.19. The average Bonchev–Trinajstić information content (AvgIpc) is 3.45. The third kappa shape index (κ3) is 6.35. The Bertz CT molecular complexity index is 1700. The summed E-state index contributed by atoms with van der Waals surface area (Å²) in [7, 11) is -4.43. The highest BCUT2D eigenvalue weighted by Crippen LogP contribution is 2.39. The lowest BCUT2D eigenvalue weighted by Crippen LogP contribution is -2.35. The van der Waals surface area contributed by atoms with Gasteiger partial charge in [0.1, 0.15) is 17.9 Å². The molecule has 3 aromatic rings. The van der Waals surface area contributed by atoms with Crippen LogP contribution < -0.4 is 10.6 Å². The Hall–Kier alpha value is -4.14. The molecule has 2 heterocycles. The van der Waals surface area contributed by atoms with Gasteiger partial charge in [-0.05, 0) is 51.1 Å². The summed E-state index contributed by atoms with van der Waals surface area (Å²) in [6.07, 6.45) is -0.810. The van der Waals surface area contributed by atoms with Gasteiger partial charge in [-0.25, -0.2) is 22.0 Å². The summed E-state index contributed by atoms with van der Waals surface area (Å²) < 4.78 is 38.6. The molecule has 13 nitrogen and oxygen atoms in total. The van der Waals surface area contributed by atoms with Crippen LogP contribution in [0, 0.1) is 16.0 Å². The van der Waals surface area contributed by atoms with E-state index in [2.05, 4.69) is 17.2 Å². The van der Waals surface area contributed by atoms with Crippen molar-refractivity contribution in [3.8, 4) is 0 Å². The molecule has 1 saturated heterocycles. The van der Waals surface area contributed by atoms with Gasteiger partial charge in [0.25, 0.3) is 15.7 Å². The minimum Gasteiger partial charge on any atom is -0.462 e. The van der Waals surface area contributed by atoms with Crippen molar-refractivity contribution in [2.24, 2.45) is 5.92 Å². The normalized spacial score (nSPS) is 16.3. The zero-order valence-corrected chi connectivity index (χ0v) is 24.5. The second kappa shape index (κ2) is 11.6. The molecule has 224 valence electrons. The van der Waals surface area contributed by atoms with E-state index < -0.39 is 50.3 Å². The van der Waals surface area contributed by atoms with Gasteiger partial charge in [0, 0.05) is 46.9 Å². The Labute approximate surface area is 246 Å². The van der Waals surface area contributed by atoms with E-state index in [4.69, 9.17) is 21.1 Å². The minimum absolute atomic E-state index is 0.0367. The van der Waals surface area contributed by atoms with E-state index in [1.807, 2.05) is 0 Å². The molecule has 3 N–H and O–H groups in total. The highest BCUT2D eigenvalue weighted by atomic mass is 35.5. The van der Waals surface area contributed by atoms with Crippen LogP contribution in [0.25, 0.3) is 10.9 Å². The van der Waals surface area contributed by atoms with Crippen LogP contribution in [0.1, 0.15) is 32.4 Å². The van der Waals surface area contributed by atoms with Crippen molar-refractivity contribution in [2.45, 2.75) is 37.4 Å².